The van der Waals surface area contributed by atoms with Crippen LogP contribution in [-0.2, 0) is 0 Å². The van der Waals surface area contributed by atoms with Crippen LogP contribution < -0.4 is 9.47 Å². The molecule has 2 N–H and O–H groups in total. The maximum Gasteiger partial charge on any atom is 0.231 e. The number of fused-ring (bicyclic) bond motifs is 3. The average Bonchev–Trinajstić information content (AvgIpc) is 3.03. The maximum absolute atomic E-state index is 10.5. The van der Waals surface area contributed by atoms with E-state index in [4.69, 9.17) is 9.47 Å². The summed E-state index contributed by atoms with van der Waals surface area (Å²) in [6, 6.07) is 10.7. The van der Waals surface area contributed by atoms with Gasteiger partial charge in [-0.1, -0.05) is 12.1 Å². The Labute approximate surface area is 133 Å². The van der Waals surface area contributed by atoms with Gasteiger partial charge in [0.2, 0.25) is 6.79 Å². The number of rotatable bonds is 1. The topological polar surface area (TPSA) is 58.9 Å². The van der Waals surface area contributed by atoms with Crippen LogP contribution in [-0.4, -0.2) is 17.0 Å². The third kappa shape index (κ3) is 1.91. The molecule has 0 atom stereocenters. The fourth-order valence-corrected chi connectivity index (χ4v) is 3.16. The number of hydrogen-bond acceptors (Lipinski definition) is 4. The Balaban J connectivity index is 2.17. The van der Waals surface area contributed by atoms with Crippen LogP contribution in [0.1, 0.15) is 11.1 Å². The third-order valence-corrected chi connectivity index (χ3v) is 4.49. The second kappa shape index (κ2) is 4.81. The Bertz CT molecular complexity index is 927. The fourth-order valence-electron chi connectivity index (χ4n) is 3.16. The lowest BCUT2D eigenvalue weighted by Crippen LogP contribution is -1.95. The average molecular weight is 308 g/mol. The van der Waals surface area contributed by atoms with Gasteiger partial charge in [0.25, 0.3) is 0 Å². The molecule has 0 unspecified atom stereocenters. The van der Waals surface area contributed by atoms with E-state index in [0.717, 1.165) is 33.0 Å². The zero-order valence-corrected chi connectivity index (χ0v) is 12.9. The summed E-state index contributed by atoms with van der Waals surface area (Å²) in [4.78, 5) is 0. The van der Waals surface area contributed by atoms with Gasteiger partial charge in [0.05, 0.1) is 0 Å². The van der Waals surface area contributed by atoms with Gasteiger partial charge in [0.1, 0.15) is 11.5 Å². The highest BCUT2D eigenvalue weighted by Gasteiger charge is 2.24. The Hall–Kier alpha value is -2.88. The molecule has 4 heteroatoms. The molecule has 3 aromatic carbocycles. The van der Waals surface area contributed by atoms with E-state index in [2.05, 4.69) is 0 Å². The van der Waals surface area contributed by atoms with E-state index in [-0.39, 0.29) is 18.3 Å². The first kappa shape index (κ1) is 13.8. The summed E-state index contributed by atoms with van der Waals surface area (Å²) in [6.07, 6.45) is 0. The van der Waals surface area contributed by atoms with Crippen LogP contribution in [0.3, 0.4) is 0 Å². The molecule has 4 rings (SSSR count). The summed E-state index contributed by atoms with van der Waals surface area (Å²) in [5, 5.41) is 21.7. The van der Waals surface area contributed by atoms with Crippen LogP contribution in [0.4, 0.5) is 0 Å². The molecule has 1 aliphatic heterocycles. The highest BCUT2D eigenvalue weighted by Crippen LogP contribution is 2.49. The van der Waals surface area contributed by atoms with Gasteiger partial charge in [-0.2, -0.15) is 0 Å². The lowest BCUT2D eigenvalue weighted by Gasteiger charge is -2.17. The summed E-state index contributed by atoms with van der Waals surface area (Å²) in [7, 11) is 0. The van der Waals surface area contributed by atoms with Crippen LogP contribution in [0.15, 0.2) is 36.4 Å². The normalized spacial score (nSPS) is 12.8. The molecule has 0 saturated heterocycles. The Morgan fingerprint density at radius 3 is 2.35 bits per heavy atom. The molecular formula is C19H16O4. The van der Waals surface area contributed by atoms with Gasteiger partial charge in [0.15, 0.2) is 11.5 Å². The van der Waals surface area contributed by atoms with E-state index in [1.54, 1.807) is 12.1 Å². The van der Waals surface area contributed by atoms with E-state index in [9.17, 15) is 10.2 Å². The molecule has 0 radical (unpaired) electrons. The molecule has 0 spiro atoms. The van der Waals surface area contributed by atoms with Gasteiger partial charge in [0, 0.05) is 10.8 Å². The minimum atomic E-state index is 0.178. The third-order valence-electron chi connectivity index (χ3n) is 4.49. The molecule has 0 bridgehead atoms. The van der Waals surface area contributed by atoms with Gasteiger partial charge in [-0.15, -0.1) is 0 Å². The first-order valence-corrected chi connectivity index (χ1v) is 7.41. The number of phenolic OH excluding ortho intramolecular Hbond substituents is 2. The van der Waals surface area contributed by atoms with Crippen molar-refractivity contribution in [3.05, 3.63) is 47.5 Å². The molecule has 4 nitrogen and oxygen atoms in total. The maximum atomic E-state index is 10.5. The van der Waals surface area contributed by atoms with E-state index in [1.165, 1.54) is 0 Å². The van der Waals surface area contributed by atoms with Crippen LogP contribution in [0, 0.1) is 13.8 Å². The lowest BCUT2D eigenvalue weighted by molar-refractivity contribution is 0.175. The molecule has 1 aliphatic rings. The molecule has 0 aromatic heterocycles. The van der Waals surface area contributed by atoms with E-state index >= 15 is 0 Å². The lowest BCUT2D eigenvalue weighted by atomic mass is 9.89. The number of phenols is 2. The highest BCUT2D eigenvalue weighted by molar-refractivity contribution is 6.07. The Morgan fingerprint density at radius 2 is 1.61 bits per heavy atom. The van der Waals surface area contributed by atoms with Crippen LogP contribution in [0.2, 0.25) is 0 Å². The molecule has 0 saturated carbocycles. The highest BCUT2D eigenvalue weighted by atomic mass is 16.7. The Morgan fingerprint density at radius 1 is 0.870 bits per heavy atom. The van der Waals surface area contributed by atoms with E-state index in [1.807, 2.05) is 38.1 Å². The molecule has 116 valence electrons. The van der Waals surface area contributed by atoms with Gasteiger partial charge in [-0.25, -0.2) is 0 Å². The summed E-state index contributed by atoms with van der Waals surface area (Å²) < 4.78 is 11.1. The van der Waals surface area contributed by atoms with Crippen molar-refractivity contribution in [1.29, 1.82) is 0 Å². The minimum Gasteiger partial charge on any atom is -0.508 e. The van der Waals surface area contributed by atoms with Crippen LogP contribution in [0.5, 0.6) is 23.0 Å². The van der Waals surface area contributed by atoms with Crippen molar-refractivity contribution in [2.24, 2.45) is 0 Å². The molecule has 0 amide bonds. The van der Waals surface area contributed by atoms with Crippen molar-refractivity contribution in [2.75, 3.05) is 6.79 Å². The van der Waals surface area contributed by atoms with Gasteiger partial charge in [-0.3, -0.25) is 0 Å². The first-order valence-electron chi connectivity index (χ1n) is 7.41. The molecule has 3 aromatic rings. The molecule has 1 heterocycles. The SMILES string of the molecule is Cc1c(C)c(-c2ccc(O)cc2)c2c3c(ccc2c1O)OCO3. The zero-order chi connectivity index (χ0) is 16.1. The standard InChI is InChI=1S/C19H16O4/c1-10-11(2)18(21)14-7-8-15-19(23-9-22-15)17(14)16(10)12-3-5-13(20)6-4-12/h3-8,20-21H,9H2,1-2H3. The smallest absolute Gasteiger partial charge is 0.231 e. The number of hydrogen-bond donors (Lipinski definition) is 2. The fraction of sp³-hybridized carbons (Fsp3) is 0.158. The van der Waals surface area contributed by atoms with Crippen molar-refractivity contribution < 1.29 is 19.7 Å². The van der Waals surface area contributed by atoms with E-state index in [0.29, 0.717) is 11.5 Å². The Kier molecular flexibility index (Phi) is 2.88. The monoisotopic (exact) mass is 308 g/mol. The van der Waals surface area contributed by atoms with Crippen molar-refractivity contribution in [1.82, 2.24) is 0 Å². The molecular weight excluding hydrogens is 292 g/mol. The largest absolute Gasteiger partial charge is 0.508 e. The van der Waals surface area contributed by atoms with Crippen LogP contribution >= 0.6 is 0 Å². The quantitative estimate of drug-likeness (QED) is 0.705. The van der Waals surface area contributed by atoms with Crippen molar-refractivity contribution >= 4 is 10.8 Å². The first-order chi connectivity index (χ1) is 11.1. The second-order valence-corrected chi connectivity index (χ2v) is 5.74. The van der Waals surface area contributed by atoms with E-state index < -0.39 is 0 Å². The molecule has 0 aliphatic carbocycles. The van der Waals surface area contributed by atoms with Gasteiger partial charge < -0.3 is 19.7 Å². The van der Waals surface area contributed by atoms with Crippen LogP contribution in [0.25, 0.3) is 21.9 Å². The predicted molar refractivity (Wildman–Crippen MR) is 88.3 cm³/mol. The molecule has 0 fully saturated rings. The van der Waals surface area contributed by atoms with Crippen molar-refractivity contribution in [2.45, 2.75) is 13.8 Å². The van der Waals surface area contributed by atoms with Crippen molar-refractivity contribution in [3.63, 3.8) is 0 Å². The number of ether oxygens (including phenoxy) is 2. The predicted octanol–water partition coefficient (Wildman–Crippen LogP) is 4.26. The summed E-state index contributed by atoms with van der Waals surface area (Å²) in [5.41, 5.74) is 3.75. The van der Waals surface area contributed by atoms with Gasteiger partial charge in [-0.05, 0) is 60.4 Å². The zero-order valence-electron chi connectivity index (χ0n) is 12.9. The number of benzene rings is 3. The summed E-state index contributed by atoms with van der Waals surface area (Å²) in [6.45, 7) is 4.06. The summed E-state index contributed by atoms with van der Waals surface area (Å²) in [5.74, 6) is 1.82. The number of aromatic hydroxyl groups is 2. The van der Waals surface area contributed by atoms with Gasteiger partial charge >= 0.3 is 0 Å². The summed E-state index contributed by atoms with van der Waals surface area (Å²) >= 11 is 0. The molecule has 23 heavy (non-hydrogen) atoms. The minimum absolute atomic E-state index is 0.178. The second-order valence-electron chi connectivity index (χ2n) is 5.74. The van der Waals surface area contributed by atoms with Crippen molar-refractivity contribution in [3.8, 4) is 34.1 Å².